The molecule has 3 aliphatic heterocycles. The molecule has 15 heteroatoms. The van der Waals surface area contributed by atoms with E-state index in [1.54, 1.807) is 24.3 Å². The quantitative estimate of drug-likeness (QED) is 0.163. The molecule has 1 aliphatic carbocycles. The van der Waals surface area contributed by atoms with Crippen molar-refractivity contribution in [3.63, 3.8) is 0 Å². The zero-order chi connectivity index (χ0) is 40.0. The predicted molar refractivity (Wildman–Crippen MR) is 219 cm³/mol. The third-order valence-corrected chi connectivity index (χ3v) is 13.8. The van der Waals surface area contributed by atoms with E-state index in [-0.39, 0.29) is 17.6 Å². The predicted octanol–water partition coefficient (Wildman–Crippen LogP) is 6.95. The summed E-state index contributed by atoms with van der Waals surface area (Å²) in [5, 5.41) is 16.4. The molecule has 2 fully saturated rings. The number of carboxylic acids is 1. The van der Waals surface area contributed by atoms with E-state index < -0.39 is 11.4 Å². The summed E-state index contributed by atoms with van der Waals surface area (Å²) in [6, 6.07) is 11.5. The van der Waals surface area contributed by atoms with Crippen molar-refractivity contribution in [2.75, 3.05) is 36.9 Å². The molecule has 2 amide bonds. The molecule has 5 heterocycles. The topological polar surface area (TPSA) is 147 Å². The second-order valence-electron chi connectivity index (χ2n) is 16.0. The monoisotopic (exact) mass is 816 g/mol. The molecule has 1 saturated heterocycles. The van der Waals surface area contributed by atoms with Crippen molar-refractivity contribution in [1.29, 1.82) is 0 Å². The van der Waals surface area contributed by atoms with Gasteiger partial charge in [-0.3, -0.25) is 24.2 Å². The number of halogens is 2. The maximum atomic E-state index is 13.8. The van der Waals surface area contributed by atoms with Gasteiger partial charge in [-0.05, 0) is 57.1 Å². The highest BCUT2D eigenvalue weighted by molar-refractivity contribution is 6.40. The lowest BCUT2D eigenvalue weighted by molar-refractivity contribution is -0.152. The van der Waals surface area contributed by atoms with Crippen LogP contribution in [0.25, 0.3) is 11.1 Å². The van der Waals surface area contributed by atoms with E-state index in [0.717, 1.165) is 87.6 Å². The summed E-state index contributed by atoms with van der Waals surface area (Å²) in [4.78, 5) is 53.9. The second kappa shape index (κ2) is 16.2. The minimum atomic E-state index is -0.687. The third-order valence-electron chi connectivity index (χ3n) is 13.0. The summed E-state index contributed by atoms with van der Waals surface area (Å²) >= 11 is 14.0. The summed E-state index contributed by atoms with van der Waals surface area (Å²) in [6.07, 6.45) is 7.27. The van der Waals surface area contributed by atoms with Crippen LogP contribution in [0.1, 0.15) is 95.9 Å². The average molecular weight is 818 g/mol. The fraction of sp³-hybridized carbons (Fsp3) is 0.500. The van der Waals surface area contributed by atoms with E-state index in [9.17, 15) is 19.5 Å². The Bertz CT molecular complexity index is 2200. The lowest BCUT2D eigenvalue weighted by Crippen LogP contribution is -2.45. The molecule has 302 valence electrons. The summed E-state index contributed by atoms with van der Waals surface area (Å²) in [5.74, 6) is -0.808. The van der Waals surface area contributed by atoms with Gasteiger partial charge in [-0.1, -0.05) is 54.4 Å². The van der Waals surface area contributed by atoms with Gasteiger partial charge >= 0.3 is 5.97 Å². The second-order valence-corrected chi connectivity index (χ2v) is 16.7. The van der Waals surface area contributed by atoms with Crippen LogP contribution in [0.2, 0.25) is 10.0 Å². The molecule has 0 atom stereocenters. The summed E-state index contributed by atoms with van der Waals surface area (Å²) in [5.41, 5.74) is 5.28. The summed E-state index contributed by atoms with van der Waals surface area (Å²) in [7, 11) is 3.74. The van der Waals surface area contributed by atoms with Gasteiger partial charge < -0.3 is 29.6 Å². The van der Waals surface area contributed by atoms with Gasteiger partial charge in [0.15, 0.2) is 11.6 Å². The molecule has 4 aliphatic rings. The van der Waals surface area contributed by atoms with Crippen molar-refractivity contribution >= 4 is 52.4 Å². The normalized spacial score (nSPS) is 21.8. The van der Waals surface area contributed by atoms with Crippen LogP contribution in [-0.2, 0) is 49.6 Å². The van der Waals surface area contributed by atoms with E-state index >= 15 is 0 Å². The number of carbonyl (C=O) groups is 3. The SMILES string of the molecule is CCC1(C(=O)O)CCC(N2CCc3c(nc(C(=O)Nc4cccc(-c5cccc(NC(=O)c6nc7c(n6C)CCN(C6CCOCC6)C7)c5Cl)c4Cl)n3C)C2)CC1. The van der Waals surface area contributed by atoms with Gasteiger partial charge in [0.1, 0.15) is 0 Å². The van der Waals surface area contributed by atoms with Gasteiger partial charge in [0.25, 0.3) is 11.8 Å². The minimum Gasteiger partial charge on any atom is -0.481 e. The summed E-state index contributed by atoms with van der Waals surface area (Å²) in [6.45, 7) is 6.61. The number of amides is 2. The number of carbonyl (C=O) groups excluding carboxylic acids is 2. The van der Waals surface area contributed by atoms with Crippen LogP contribution in [0, 0.1) is 5.41 Å². The van der Waals surface area contributed by atoms with Crippen LogP contribution in [-0.4, -0.2) is 90.2 Å². The molecular formula is C42H50Cl2N8O5. The number of carboxylic acid groups (broad SMARTS) is 1. The van der Waals surface area contributed by atoms with Crippen LogP contribution in [0.5, 0.6) is 0 Å². The molecular weight excluding hydrogens is 767 g/mol. The van der Waals surface area contributed by atoms with E-state index in [1.165, 1.54) is 0 Å². The number of hydrogen-bond donors (Lipinski definition) is 3. The van der Waals surface area contributed by atoms with Gasteiger partial charge in [0.05, 0.1) is 38.2 Å². The summed E-state index contributed by atoms with van der Waals surface area (Å²) < 4.78 is 9.30. The Hall–Kier alpha value is -4.27. The molecule has 0 bridgehead atoms. The number of hydrogen-bond acceptors (Lipinski definition) is 8. The molecule has 3 N–H and O–H groups in total. The Labute approximate surface area is 342 Å². The molecule has 0 unspecified atom stereocenters. The number of ether oxygens (including phenoxy) is 1. The largest absolute Gasteiger partial charge is 0.481 e. The minimum absolute atomic E-state index is 0.290. The maximum Gasteiger partial charge on any atom is 0.309 e. The molecule has 57 heavy (non-hydrogen) atoms. The highest BCUT2D eigenvalue weighted by Gasteiger charge is 2.42. The maximum absolute atomic E-state index is 13.8. The zero-order valence-electron chi connectivity index (χ0n) is 32.7. The lowest BCUT2D eigenvalue weighted by atomic mass is 9.70. The Kier molecular flexibility index (Phi) is 11.2. The Morgan fingerprint density at radius 1 is 0.772 bits per heavy atom. The number of aliphatic carboxylic acids is 1. The van der Waals surface area contributed by atoms with Gasteiger partial charge in [-0.15, -0.1) is 0 Å². The van der Waals surface area contributed by atoms with Crippen molar-refractivity contribution in [2.24, 2.45) is 19.5 Å². The first-order valence-corrected chi connectivity index (χ1v) is 20.8. The number of rotatable bonds is 9. The van der Waals surface area contributed by atoms with Gasteiger partial charge in [-0.25, -0.2) is 9.97 Å². The smallest absolute Gasteiger partial charge is 0.309 e. The van der Waals surface area contributed by atoms with Crippen LogP contribution in [0.15, 0.2) is 36.4 Å². The van der Waals surface area contributed by atoms with Crippen LogP contribution < -0.4 is 10.6 Å². The van der Waals surface area contributed by atoms with E-state index in [0.29, 0.717) is 82.8 Å². The molecule has 1 saturated carbocycles. The first kappa shape index (κ1) is 39.6. The van der Waals surface area contributed by atoms with E-state index in [2.05, 4.69) is 20.4 Å². The fourth-order valence-corrected chi connectivity index (χ4v) is 9.99. The first-order chi connectivity index (χ1) is 27.5. The van der Waals surface area contributed by atoms with Crippen LogP contribution in [0.4, 0.5) is 11.4 Å². The van der Waals surface area contributed by atoms with Crippen LogP contribution in [0.3, 0.4) is 0 Å². The Morgan fingerprint density at radius 3 is 1.67 bits per heavy atom. The molecule has 0 radical (unpaired) electrons. The van der Waals surface area contributed by atoms with Crippen molar-refractivity contribution in [2.45, 2.75) is 89.9 Å². The van der Waals surface area contributed by atoms with E-state index in [4.69, 9.17) is 37.9 Å². The third kappa shape index (κ3) is 7.49. The van der Waals surface area contributed by atoms with Crippen LogP contribution >= 0.6 is 23.2 Å². The molecule has 0 spiro atoms. The fourth-order valence-electron chi connectivity index (χ4n) is 9.44. The average Bonchev–Trinajstić information content (AvgIpc) is 3.75. The number of nitrogens with zero attached hydrogens (tertiary/aromatic N) is 6. The molecule has 2 aromatic heterocycles. The number of anilines is 2. The standard InChI is InChI=1S/C42H50Cl2N8O5/c1-4-42(41(55)56)17-11-25(12-18-42)51-19-13-33-31(23-51)45-37(49(33)2)39(53)47-29-9-5-7-27(35(29)43)28-8-6-10-30(36(28)44)48-40(54)38-46-32-24-52(20-14-34(32)50(38)3)26-15-21-57-22-16-26/h5-10,25-26H,4,11-24H2,1-3H3,(H,47,53)(H,48,54)(H,55,56). The Morgan fingerprint density at radius 2 is 1.23 bits per heavy atom. The van der Waals surface area contributed by atoms with Crippen molar-refractivity contribution in [1.82, 2.24) is 28.9 Å². The van der Waals surface area contributed by atoms with Crippen molar-refractivity contribution in [3.8, 4) is 11.1 Å². The van der Waals surface area contributed by atoms with E-state index in [1.807, 2.05) is 42.3 Å². The molecule has 4 aromatic rings. The lowest BCUT2D eigenvalue weighted by Gasteiger charge is -2.42. The molecule has 8 rings (SSSR count). The number of aromatic nitrogens is 4. The zero-order valence-corrected chi connectivity index (χ0v) is 34.3. The van der Waals surface area contributed by atoms with Gasteiger partial charge in [0.2, 0.25) is 0 Å². The number of fused-ring (bicyclic) bond motifs is 2. The number of imidazole rings is 2. The van der Waals surface area contributed by atoms with Crippen molar-refractivity contribution < 1.29 is 24.2 Å². The highest BCUT2D eigenvalue weighted by atomic mass is 35.5. The number of benzene rings is 2. The van der Waals surface area contributed by atoms with Gasteiger partial charge in [0, 0.05) is 101 Å². The molecule has 2 aromatic carbocycles. The van der Waals surface area contributed by atoms with Crippen molar-refractivity contribution in [3.05, 3.63) is 80.9 Å². The molecule has 13 nitrogen and oxygen atoms in total. The first-order valence-electron chi connectivity index (χ1n) is 20.1. The van der Waals surface area contributed by atoms with Gasteiger partial charge in [-0.2, -0.15) is 0 Å². The Balaban J connectivity index is 0.948. The number of nitrogens with one attached hydrogen (secondary N) is 2. The highest BCUT2D eigenvalue weighted by Crippen LogP contribution is 2.43.